The van der Waals surface area contributed by atoms with E-state index in [9.17, 15) is 14.4 Å². The maximum absolute atomic E-state index is 12.6. The lowest BCUT2D eigenvalue weighted by atomic mass is 10.1. The number of nitrogens with one attached hydrogen (secondary N) is 1. The number of nitrogens with zero attached hydrogens (tertiary/aromatic N) is 2. The van der Waals surface area contributed by atoms with Gasteiger partial charge in [-0.1, -0.05) is 17.7 Å². The van der Waals surface area contributed by atoms with Crippen molar-refractivity contribution < 1.29 is 14.4 Å². The maximum Gasteiger partial charge on any atom is 0.229 e. The van der Waals surface area contributed by atoms with Crippen LogP contribution < -0.4 is 15.1 Å². The number of amides is 3. The van der Waals surface area contributed by atoms with Crippen molar-refractivity contribution in [3.8, 4) is 0 Å². The fourth-order valence-corrected chi connectivity index (χ4v) is 3.75. The Hall–Kier alpha value is -3.15. The molecule has 6 heteroatoms. The molecule has 4 rings (SSSR count). The summed E-state index contributed by atoms with van der Waals surface area (Å²) in [5.41, 5.74) is 3.47. The summed E-state index contributed by atoms with van der Waals surface area (Å²) in [6.07, 6.45) is 1.68. The van der Waals surface area contributed by atoms with Crippen molar-refractivity contribution in [1.29, 1.82) is 0 Å². The molecule has 1 N–H and O–H groups in total. The van der Waals surface area contributed by atoms with Crippen molar-refractivity contribution >= 4 is 34.8 Å². The van der Waals surface area contributed by atoms with Gasteiger partial charge in [0.15, 0.2) is 0 Å². The quantitative estimate of drug-likeness (QED) is 0.890. The summed E-state index contributed by atoms with van der Waals surface area (Å²) < 4.78 is 0. The third-order valence-electron chi connectivity index (χ3n) is 5.36. The van der Waals surface area contributed by atoms with Gasteiger partial charge in [-0.3, -0.25) is 14.4 Å². The third kappa shape index (κ3) is 3.63. The molecule has 0 aromatic heterocycles. The first-order chi connectivity index (χ1) is 13.5. The Balaban J connectivity index is 1.39. The number of benzene rings is 2. The van der Waals surface area contributed by atoms with Gasteiger partial charge in [0, 0.05) is 43.0 Å². The van der Waals surface area contributed by atoms with E-state index in [1.807, 2.05) is 43.3 Å². The number of hydrogen-bond donors (Lipinski definition) is 1. The van der Waals surface area contributed by atoms with Crippen LogP contribution in [0.15, 0.2) is 48.5 Å². The molecule has 28 heavy (non-hydrogen) atoms. The lowest BCUT2D eigenvalue weighted by molar-refractivity contribution is -0.122. The molecule has 0 unspecified atom stereocenters. The fraction of sp³-hybridized carbons (Fsp3) is 0.318. The first-order valence-electron chi connectivity index (χ1n) is 9.59. The summed E-state index contributed by atoms with van der Waals surface area (Å²) in [6, 6.07) is 15.0. The van der Waals surface area contributed by atoms with Gasteiger partial charge in [0.25, 0.3) is 0 Å². The zero-order chi connectivity index (χ0) is 19.7. The molecule has 1 atom stereocenters. The molecule has 2 fully saturated rings. The number of rotatable bonds is 4. The summed E-state index contributed by atoms with van der Waals surface area (Å²) in [7, 11) is 0. The van der Waals surface area contributed by atoms with Gasteiger partial charge in [-0.05, 0) is 49.7 Å². The molecule has 2 aromatic carbocycles. The predicted molar refractivity (Wildman–Crippen MR) is 108 cm³/mol. The molecule has 2 saturated heterocycles. The van der Waals surface area contributed by atoms with Gasteiger partial charge in [0.2, 0.25) is 17.7 Å². The van der Waals surface area contributed by atoms with E-state index in [-0.39, 0.29) is 30.1 Å². The molecule has 0 saturated carbocycles. The normalized spacial score (nSPS) is 19.4. The minimum absolute atomic E-state index is 0.0353. The van der Waals surface area contributed by atoms with E-state index in [4.69, 9.17) is 0 Å². The Bertz CT molecular complexity index is 906. The fourth-order valence-electron chi connectivity index (χ4n) is 3.75. The second-order valence-corrected chi connectivity index (χ2v) is 7.43. The molecule has 3 amide bonds. The summed E-state index contributed by atoms with van der Waals surface area (Å²) in [6.45, 7) is 3.12. The average Bonchev–Trinajstić information content (AvgIpc) is 3.29. The van der Waals surface area contributed by atoms with E-state index in [1.165, 1.54) is 0 Å². The summed E-state index contributed by atoms with van der Waals surface area (Å²) in [4.78, 5) is 40.3. The second-order valence-electron chi connectivity index (χ2n) is 7.43. The number of hydrogen-bond acceptors (Lipinski definition) is 3. The SMILES string of the molecule is Cc1ccc(N2C[C@@H](C(=O)Nc3ccc(N4CCCC4=O)cc3)CC2=O)cc1. The zero-order valence-corrected chi connectivity index (χ0v) is 15.9. The summed E-state index contributed by atoms with van der Waals surface area (Å²) in [5.74, 6) is -0.439. The highest BCUT2D eigenvalue weighted by Gasteiger charge is 2.35. The highest BCUT2D eigenvalue weighted by Crippen LogP contribution is 2.27. The van der Waals surface area contributed by atoms with E-state index in [0.29, 0.717) is 18.7 Å². The Morgan fingerprint density at radius 2 is 1.57 bits per heavy atom. The standard InChI is InChI=1S/C22H23N3O3/c1-15-4-8-19(9-5-15)25-14-16(13-21(25)27)22(28)23-17-6-10-18(11-7-17)24-12-2-3-20(24)26/h4-11,16H,2-3,12-14H2,1H3,(H,23,28)/t16-/m0/s1. The van der Waals surface area contributed by atoms with Crippen LogP contribution in [-0.4, -0.2) is 30.8 Å². The molecular formula is C22H23N3O3. The monoisotopic (exact) mass is 377 g/mol. The van der Waals surface area contributed by atoms with Crippen LogP contribution >= 0.6 is 0 Å². The molecule has 0 aliphatic carbocycles. The zero-order valence-electron chi connectivity index (χ0n) is 15.9. The van der Waals surface area contributed by atoms with Crippen LogP contribution in [0.5, 0.6) is 0 Å². The minimum atomic E-state index is -0.381. The highest BCUT2D eigenvalue weighted by atomic mass is 16.2. The third-order valence-corrected chi connectivity index (χ3v) is 5.36. The average molecular weight is 377 g/mol. The lowest BCUT2D eigenvalue weighted by Crippen LogP contribution is -2.28. The maximum atomic E-state index is 12.6. The topological polar surface area (TPSA) is 69.7 Å². The first kappa shape index (κ1) is 18.2. The summed E-state index contributed by atoms with van der Waals surface area (Å²) >= 11 is 0. The molecule has 0 bridgehead atoms. The second kappa shape index (κ2) is 7.46. The molecule has 0 spiro atoms. The predicted octanol–water partition coefficient (Wildman–Crippen LogP) is 3.11. The van der Waals surface area contributed by atoms with E-state index in [0.717, 1.165) is 29.9 Å². The molecular weight excluding hydrogens is 354 g/mol. The van der Waals surface area contributed by atoms with Crippen molar-refractivity contribution in [2.45, 2.75) is 26.2 Å². The number of carbonyl (C=O) groups excluding carboxylic acids is 3. The van der Waals surface area contributed by atoms with Crippen LogP contribution in [0.4, 0.5) is 17.1 Å². The van der Waals surface area contributed by atoms with Gasteiger partial charge in [0.1, 0.15) is 0 Å². The minimum Gasteiger partial charge on any atom is -0.326 e. The Morgan fingerprint density at radius 3 is 2.21 bits per heavy atom. The first-order valence-corrected chi connectivity index (χ1v) is 9.59. The largest absolute Gasteiger partial charge is 0.326 e. The molecule has 2 aliphatic rings. The Labute approximate surface area is 164 Å². The van der Waals surface area contributed by atoms with Crippen LogP contribution in [0.25, 0.3) is 0 Å². The Morgan fingerprint density at radius 1 is 0.929 bits per heavy atom. The number of aryl methyl sites for hydroxylation is 1. The molecule has 0 radical (unpaired) electrons. The smallest absolute Gasteiger partial charge is 0.229 e. The lowest BCUT2D eigenvalue weighted by Gasteiger charge is -2.17. The molecule has 2 aromatic rings. The van der Waals surface area contributed by atoms with Gasteiger partial charge in [-0.15, -0.1) is 0 Å². The van der Waals surface area contributed by atoms with E-state index < -0.39 is 0 Å². The molecule has 144 valence electrons. The van der Waals surface area contributed by atoms with E-state index in [1.54, 1.807) is 21.9 Å². The number of carbonyl (C=O) groups is 3. The van der Waals surface area contributed by atoms with Crippen molar-refractivity contribution in [1.82, 2.24) is 0 Å². The number of anilines is 3. The van der Waals surface area contributed by atoms with Crippen LogP contribution in [0.1, 0.15) is 24.8 Å². The highest BCUT2D eigenvalue weighted by molar-refractivity contribution is 6.03. The van der Waals surface area contributed by atoms with E-state index in [2.05, 4.69) is 5.32 Å². The molecule has 2 heterocycles. The van der Waals surface area contributed by atoms with Crippen molar-refractivity contribution in [3.05, 3.63) is 54.1 Å². The molecule has 6 nitrogen and oxygen atoms in total. The van der Waals surface area contributed by atoms with Crippen LogP contribution in [-0.2, 0) is 14.4 Å². The van der Waals surface area contributed by atoms with Crippen LogP contribution in [0, 0.1) is 12.8 Å². The van der Waals surface area contributed by atoms with Crippen molar-refractivity contribution in [2.24, 2.45) is 5.92 Å². The molecule has 2 aliphatic heterocycles. The van der Waals surface area contributed by atoms with Gasteiger partial charge in [-0.25, -0.2) is 0 Å². The summed E-state index contributed by atoms with van der Waals surface area (Å²) in [5, 5.41) is 2.89. The van der Waals surface area contributed by atoms with Gasteiger partial charge in [0.05, 0.1) is 5.92 Å². The van der Waals surface area contributed by atoms with Gasteiger partial charge >= 0.3 is 0 Å². The van der Waals surface area contributed by atoms with Crippen LogP contribution in [0.2, 0.25) is 0 Å². The van der Waals surface area contributed by atoms with Gasteiger partial charge < -0.3 is 15.1 Å². The van der Waals surface area contributed by atoms with E-state index >= 15 is 0 Å². The van der Waals surface area contributed by atoms with Crippen molar-refractivity contribution in [2.75, 3.05) is 28.2 Å². The Kier molecular flexibility index (Phi) is 4.86. The van der Waals surface area contributed by atoms with Gasteiger partial charge in [-0.2, -0.15) is 0 Å². The van der Waals surface area contributed by atoms with Crippen molar-refractivity contribution in [3.63, 3.8) is 0 Å². The van der Waals surface area contributed by atoms with Crippen LogP contribution in [0.3, 0.4) is 0 Å².